The molecule has 0 aliphatic heterocycles. The zero-order chi connectivity index (χ0) is 12.8. The van der Waals surface area contributed by atoms with Crippen LogP contribution in [0, 0.1) is 0 Å². The van der Waals surface area contributed by atoms with E-state index in [0.29, 0.717) is 13.0 Å². The molecule has 0 heterocycles. The first-order chi connectivity index (χ1) is 8.02. The average molecular weight is 254 g/mol. The minimum atomic E-state index is -2.60. The molecule has 0 aliphatic carbocycles. The third-order valence-corrected chi connectivity index (χ3v) is 3.12. The van der Waals surface area contributed by atoms with Gasteiger partial charge in [-0.2, -0.15) is 8.42 Å². The monoisotopic (exact) mass is 254 g/mol. The Bertz CT molecular complexity index is 515. The van der Waals surface area contributed by atoms with Crippen LogP contribution in [0.5, 0.6) is 0 Å². The number of hydrogen-bond donors (Lipinski definition) is 1. The molecule has 0 aliphatic rings. The van der Waals surface area contributed by atoms with Crippen LogP contribution >= 0.6 is 0 Å². The number of carbonyl (C=O) groups excluding carboxylic acids is 1. The normalized spacial score (nSPS) is 10.2. The fraction of sp³-hybridized carbons (Fsp3) is 0.273. The molecule has 92 valence electrons. The van der Waals surface area contributed by atoms with E-state index in [0.717, 1.165) is 5.56 Å². The SMILES string of the molecule is CN(CCc1ccccc1)C(C(N)=O)=S(=O)=O. The zero-order valence-electron chi connectivity index (χ0n) is 9.46. The number of hydrogen-bond acceptors (Lipinski definition) is 3. The maximum Gasteiger partial charge on any atom is 0.275 e. The standard InChI is InChI=1S/C11H14N2O3S/c1-13(11(10(12)14)17(15)16)8-7-9-5-3-2-4-6-9/h2-6H,7-8H2,1H3,(H2,12,14). The second-order valence-electron chi connectivity index (χ2n) is 3.56. The van der Waals surface area contributed by atoms with E-state index < -0.39 is 16.2 Å². The fourth-order valence-corrected chi connectivity index (χ4v) is 1.95. The second kappa shape index (κ2) is 6.17. The molecule has 1 amide bonds. The highest BCUT2D eigenvalue weighted by Gasteiger charge is 2.15. The van der Waals surface area contributed by atoms with Gasteiger partial charge in [0.25, 0.3) is 5.91 Å². The Morgan fingerprint density at radius 2 is 1.88 bits per heavy atom. The molecule has 5 nitrogen and oxygen atoms in total. The molecule has 0 atom stereocenters. The van der Waals surface area contributed by atoms with Gasteiger partial charge in [0.05, 0.1) is 0 Å². The van der Waals surface area contributed by atoms with Gasteiger partial charge < -0.3 is 5.73 Å². The second-order valence-corrected chi connectivity index (χ2v) is 4.42. The van der Waals surface area contributed by atoms with E-state index in [2.05, 4.69) is 0 Å². The van der Waals surface area contributed by atoms with Gasteiger partial charge in [-0.15, -0.1) is 0 Å². The molecule has 0 spiro atoms. The molecule has 0 saturated heterocycles. The third-order valence-electron chi connectivity index (χ3n) is 2.29. The van der Waals surface area contributed by atoms with E-state index in [9.17, 15) is 13.2 Å². The van der Waals surface area contributed by atoms with Crippen molar-refractivity contribution in [1.82, 2.24) is 4.90 Å². The summed E-state index contributed by atoms with van der Waals surface area (Å²) >= 11 is 0. The van der Waals surface area contributed by atoms with Gasteiger partial charge in [-0.3, -0.25) is 9.69 Å². The van der Waals surface area contributed by atoms with Gasteiger partial charge >= 0.3 is 0 Å². The Labute approximate surface area is 101 Å². The number of nitrogens with two attached hydrogens (primary N) is 1. The summed E-state index contributed by atoms with van der Waals surface area (Å²) < 4.78 is 21.6. The van der Waals surface area contributed by atoms with Crippen molar-refractivity contribution in [2.75, 3.05) is 13.6 Å². The van der Waals surface area contributed by atoms with Gasteiger partial charge in [-0.1, -0.05) is 30.3 Å². The largest absolute Gasteiger partial charge is 0.364 e. The molecule has 1 aromatic carbocycles. The van der Waals surface area contributed by atoms with Crippen LogP contribution in [0.15, 0.2) is 30.3 Å². The van der Waals surface area contributed by atoms with E-state index in [-0.39, 0.29) is 4.99 Å². The van der Waals surface area contributed by atoms with Gasteiger partial charge in [0.15, 0.2) is 0 Å². The molecule has 0 aromatic heterocycles. The Hall–Kier alpha value is -1.66. The molecule has 0 fully saturated rings. The van der Waals surface area contributed by atoms with Gasteiger partial charge in [-0.05, 0) is 19.0 Å². The number of nitrogens with zero attached hydrogens (tertiary/aromatic N) is 1. The maximum absolute atomic E-state index is 10.9. The minimum absolute atomic E-state index is 0.388. The van der Waals surface area contributed by atoms with E-state index in [4.69, 9.17) is 5.73 Å². The molecule has 0 radical (unpaired) electrons. The van der Waals surface area contributed by atoms with E-state index in [1.807, 2.05) is 30.3 Å². The van der Waals surface area contributed by atoms with Crippen molar-refractivity contribution in [3.63, 3.8) is 0 Å². The highest BCUT2D eigenvalue weighted by molar-refractivity contribution is 7.74. The van der Waals surface area contributed by atoms with Crippen LogP contribution in [-0.4, -0.2) is 37.8 Å². The topological polar surface area (TPSA) is 80.5 Å². The smallest absolute Gasteiger partial charge is 0.275 e. The molecule has 0 unspecified atom stereocenters. The Balaban J connectivity index is 2.71. The highest BCUT2D eigenvalue weighted by Crippen LogP contribution is 2.00. The first kappa shape index (κ1) is 13.4. The quantitative estimate of drug-likeness (QED) is 0.748. The van der Waals surface area contributed by atoms with Crippen LogP contribution in [0.2, 0.25) is 0 Å². The van der Waals surface area contributed by atoms with Crippen LogP contribution in [0.4, 0.5) is 0 Å². The molecule has 1 aromatic rings. The summed E-state index contributed by atoms with van der Waals surface area (Å²) in [5, 5.41) is 0. The first-order valence-corrected chi connectivity index (χ1v) is 6.11. The Morgan fingerprint density at radius 3 is 2.35 bits per heavy atom. The van der Waals surface area contributed by atoms with Gasteiger partial charge in [0.1, 0.15) is 0 Å². The molecular formula is C11H14N2O3S. The molecule has 17 heavy (non-hydrogen) atoms. The van der Waals surface area contributed by atoms with E-state index in [1.165, 1.54) is 11.9 Å². The molecule has 2 N–H and O–H groups in total. The summed E-state index contributed by atoms with van der Waals surface area (Å²) in [5.74, 6) is -0.936. The number of rotatable bonds is 3. The van der Waals surface area contributed by atoms with Crippen LogP contribution in [-0.2, 0) is 21.5 Å². The Kier molecular flexibility index (Phi) is 4.86. The Morgan fingerprint density at radius 1 is 1.29 bits per heavy atom. The predicted molar refractivity (Wildman–Crippen MR) is 65.9 cm³/mol. The van der Waals surface area contributed by atoms with Crippen LogP contribution in [0.1, 0.15) is 5.56 Å². The number of primary amides is 1. The summed E-state index contributed by atoms with van der Waals surface area (Å²) in [7, 11) is -1.08. The molecule has 6 heteroatoms. The van der Waals surface area contributed by atoms with Crippen molar-refractivity contribution in [3.05, 3.63) is 35.9 Å². The highest BCUT2D eigenvalue weighted by atomic mass is 32.2. The lowest BCUT2D eigenvalue weighted by molar-refractivity contribution is -0.112. The van der Waals surface area contributed by atoms with Crippen molar-refractivity contribution in [1.29, 1.82) is 0 Å². The van der Waals surface area contributed by atoms with Crippen molar-refractivity contribution in [2.45, 2.75) is 6.42 Å². The summed E-state index contributed by atoms with van der Waals surface area (Å²) in [4.78, 5) is 11.9. The van der Waals surface area contributed by atoms with E-state index in [1.54, 1.807) is 0 Å². The van der Waals surface area contributed by atoms with Crippen LogP contribution in [0.25, 0.3) is 0 Å². The summed E-state index contributed by atoms with van der Waals surface area (Å²) in [6, 6.07) is 9.58. The lowest BCUT2D eigenvalue weighted by Gasteiger charge is -2.14. The fourth-order valence-electron chi connectivity index (χ4n) is 1.44. The third kappa shape index (κ3) is 4.01. The van der Waals surface area contributed by atoms with Gasteiger partial charge in [0.2, 0.25) is 15.3 Å². The average Bonchev–Trinajstić information content (AvgIpc) is 2.27. The van der Waals surface area contributed by atoms with Gasteiger partial charge in [-0.25, -0.2) is 0 Å². The lowest BCUT2D eigenvalue weighted by atomic mass is 10.1. The number of likely N-dealkylation sites (N-methyl/N-ethyl adjacent to an activating group) is 1. The van der Waals surface area contributed by atoms with Crippen molar-refractivity contribution in [2.24, 2.45) is 5.73 Å². The molecule has 1 rings (SSSR count). The minimum Gasteiger partial charge on any atom is -0.364 e. The summed E-state index contributed by atoms with van der Waals surface area (Å²) in [5.41, 5.74) is 6.07. The number of benzene rings is 1. The van der Waals surface area contributed by atoms with Crippen molar-refractivity contribution in [3.8, 4) is 0 Å². The zero-order valence-corrected chi connectivity index (χ0v) is 10.3. The van der Waals surface area contributed by atoms with Crippen LogP contribution < -0.4 is 5.73 Å². The summed E-state index contributed by atoms with van der Waals surface area (Å²) in [6.07, 6.45) is 0.644. The van der Waals surface area contributed by atoms with Crippen molar-refractivity contribution < 1.29 is 13.2 Å². The number of amides is 1. The van der Waals surface area contributed by atoms with Gasteiger partial charge in [0, 0.05) is 6.54 Å². The van der Waals surface area contributed by atoms with Crippen LogP contribution in [0.3, 0.4) is 0 Å². The molecular weight excluding hydrogens is 240 g/mol. The lowest BCUT2D eigenvalue weighted by Crippen LogP contribution is -2.39. The predicted octanol–water partition coefficient (Wildman–Crippen LogP) is -0.345. The number of carbonyl (C=O) groups is 1. The first-order valence-electron chi connectivity index (χ1n) is 5.03. The molecule has 0 saturated carbocycles. The summed E-state index contributed by atoms with van der Waals surface area (Å²) in [6.45, 7) is 0.413. The van der Waals surface area contributed by atoms with Crippen molar-refractivity contribution >= 4 is 21.2 Å². The molecule has 0 bridgehead atoms. The van der Waals surface area contributed by atoms with E-state index >= 15 is 0 Å². The maximum atomic E-state index is 10.9.